The highest BCUT2D eigenvalue weighted by Gasteiger charge is 2.34. The molecule has 0 fully saturated rings. The van der Waals surface area contributed by atoms with Gasteiger partial charge in [0.2, 0.25) is 0 Å². The Kier molecular flexibility index (Phi) is 3.33. The summed E-state index contributed by atoms with van der Waals surface area (Å²) in [5.74, 6) is 0.859. The van der Waals surface area contributed by atoms with Gasteiger partial charge in [0.15, 0.2) is 0 Å². The predicted molar refractivity (Wildman–Crippen MR) is 84.1 cm³/mol. The number of rotatable bonds is 2. The van der Waals surface area contributed by atoms with Gasteiger partial charge in [0, 0.05) is 22.6 Å². The highest BCUT2D eigenvalue weighted by atomic mass is 16.5. The van der Waals surface area contributed by atoms with Gasteiger partial charge in [0.05, 0.1) is 13.2 Å². The zero-order chi connectivity index (χ0) is 15.2. The number of fused-ring (bicyclic) bond motifs is 1. The largest absolute Gasteiger partial charge is 0.497 e. The van der Waals surface area contributed by atoms with Gasteiger partial charge in [-0.3, -0.25) is 0 Å². The molecule has 0 bridgehead atoms. The number of ether oxygens (including phenoxy) is 1. The standard InChI is InChI=1S/C18H23NO2/c1-12-9-15-16(10-18(2,3)11-17(15)20)19(12)13-5-7-14(21-4)8-6-13/h5-9,17,20H,10-11H2,1-4H3. The van der Waals surface area contributed by atoms with Gasteiger partial charge in [-0.05, 0) is 55.5 Å². The van der Waals surface area contributed by atoms with Gasteiger partial charge < -0.3 is 14.4 Å². The van der Waals surface area contributed by atoms with E-state index in [1.807, 2.05) is 12.1 Å². The highest BCUT2D eigenvalue weighted by molar-refractivity contribution is 5.45. The minimum Gasteiger partial charge on any atom is -0.497 e. The quantitative estimate of drug-likeness (QED) is 0.910. The topological polar surface area (TPSA) is 34.4 Å². The van der Waals surface area contributed by atoms with E-state index in [1.165, 1.54) is 11.4 Å². The monoisotopic (exact) mass is 285 g/mol. The summed E-state index contributed by atoms with van der Waals surface area (Å²) >= 11 is 0. The molecule has 2 aromatic rings. The van der Waals surface area contributed by atoms with E-state index in [4.69, 9.17) is 4.74 Å². The van der Waals surface area contributed by atoms with Crippen LogP contribution in [0.2, 0.25) is 0 Å². The van der Waals surface area contributed by atoms with Crippen molar-refractivity contribution < 1.29 is 9.84 Å². The van der Waals surface area contributed by atoms with Gasteiger partial charge in [-0.2, -0.15) is 0 Å². The van der Waals surface area contributed by atoms with Crippen molar-refractivity contribution in [1.29, 1.82) is 0 Å². The maximum absolute atomic E-state index is 10.4. The summed E-state index contributed by atoms with van der Waals surface area (Å²) in [7, 11) is 1.68. The summed E-state index contributed by atoms with van der Waals surface area (Å²) in [4.78, 5) is 0. The first kappa shape index (κ1) is 14.2. The molecule has 1 heterocycles. The Labute approximate surface area is 126 Å². The average molecular weight is 285 g/mol. The van der Waals surface area contributed by atoms with Crippen LogP contribution in [-0.2, 0) is 6.42 Å². The van der Waals surface area contributed by atoms with E-state index in [2.05, 4.69) is 43.5 Å². The van der Waals surface area contributed by atoms with Crippen molar-refractivity contribution in [3.8, 4) is 11.4 Å². The van der Waals surface area contributed by atoms with E-state index in [0.717, 1.165) is 29.8 Å². The first-order chi connectivity index (χ1) is 9.91. The third-order valence-electron chi connectivity index (χ3n) is 4.40. The second-order valence-electron chi connectivity index (χ2n) is 6.78. The summed E-state index contributed by atoms with van der Waals surface area (Å²) in [5.41, 5.74) is 4.74. The van der Waals surface area contributed by atoms with E-state index in [9.17, 15) is 5.11 Å². The average Bonchev–Trinajstić information content (AvgIpc) is 2.74. The first-order valence-corrected chi connectivity index (χ1v) is 7.45. The van der Waals surface area contributed by atoms with Crippen LogP contribution < -0.4 is 4.74 Å². The van der Waals surface area contributed by atoms with Crippen LogP contribution in [0.3, 0.4) is 0 Å². The fourth-order valence-electron chi connectivity index (χ4n) is 3.43. The molecule has 1 unspecified atom stereocenters. The summed E-state index contributed by atoms with van der Waals surface area (Å²) in [5, 5.41) is 10.4. The lowest BCUT2D eigenvalue weighted by Gasteiger charge is -2.34. The van der Waals surface area contributed by atoms with Gasteiger partial charge in [0.1, 0.15) is 5.75 Å². The van der Waals surface area contributed by atoms with Crippen LogP contribution in [0.25, 0.3) is 5.69 Å². The van der Waals surface area contributed by atoms with Crippen molar-refractivity contribution in [2.24, 2.45) is 5.41 Å². The molecule has 0 aliphatic heterocycles. The number of aliphatic hydroxyl groups is 1. The molecule has 1 atom stereocenters. The molecule has 1 aliphatic carbocycles. The highest BCUT2D eigenvalue weighted by Crippen LogP contribution is 2.42. The van der Waals surface area contributed by atoms with Crippen LogP contribution in [0, 0.1) is 12.3 Å². The minimum atomic E-state index is -0.359. The number of aromatic nitrogens is 1. The molecule has 1 aromatic carbocycles. The lowest BCUT2D eigenvalue weighted by molar-refractivity contribution is 0.0987. The summed E-state index contributed by atoms with van der Waals surface area (Å²) in [6, 6.07) is 10.2. The lowest BCUT2D eigenvalue weighted by Crippen LogP contribution is -2.26. The fourth-order valence-corrected chi connectivity index (χ4v) is 3.43. The molecule has 0 amide bonds. The molecule has 3 nitrogen and oxygen atoms in total. The molecule has 0 saturated heterocycles. The van der Waals surface area contributed by atoms with Crippen LogP contribution in [0.15, 0.2) is 30.3 Å². The molecule has 1 aromatic heterocycles. The van der Waals surface area contributed by atoms with Crippen molar-refractivity contribution in [2.75, 3.05) is 7.11 Å². The van der Waals surface area contributed by atoms with Crippen molar-refractivity contribution in [1.82, 2.24) is 4.57 Å². The molecular weight excluding hydrogens is 262 g/mol. The zero-order valence-corrected chi connectivity index (χ0v) is 13.2. The Hall–Kier alpha value is -1.74. The third kappa shape index (κ3) is 2.46. The SMILES string of the molecule is COc1ccc(-n2c(C)cc3c2CC(C)(C)CC3O)cc1. The van der Waals surface area contributed by atoms with Gasteiger partial charge in [-0.1, -0.05) is 13.8 Å². The molecule has 1 aliphatic rings. The number of aryl methyl sites for hydroxylation is 1. The Morgan fingerprint density at radius 1 is 1.24 bits per heavy atom. The molecule has 112 valence electrons. The number of hydrogen-bond acceptors (Lipinski definition) is 2. The van der Waals surface area contributed by atoms with Gasteiger partial charge >= 0.3 is 0 Å². The summed E-state index contributed by atoms with van der Waals surface area (Å²) in [6.07, 6.45) is 1.45. The molecule has 21 heavy (non-hydrogen) atoms. The molecular formula is C18H23NO2. The number of hydrogen-bond donors (Lipinski definition) is 1. The smallest absolute Gasteiger partial charge is 0.119 e. The number of nitrogens with zero attached hydrogens (tertiary/aromatic N) is 1. The van der Waals surface area contributed by atoms with Crippen LogP contribution in [0.5, 0.6) is 5.75 Å². The predicted octanol–water partition coefficient (Wildman–Crippen LogP) is 3.80. The van der Waals surface area contributed by atoms with Crippen LogP contribution in [0.4, 0.5) is 0 Å². The zero-order valence-electron chi connectivity index (χ0n) is 13.2. The maximum Gasteiger partial charge on any atom is 0.119 e. The van der Waals surface area contributed by atoms with E-state index in [-0.39, 0.29) is 11.5 Å². The third-order valence-corrected chi connectivity index (χ3v) is 4.40. The van der Waals surface area contributed by atoms with Crippen LogP contribution in [-0.4, -0.2) is 16.8 Å². The fraction of sp³-hybridized carbons (Fsp3) is 0.444. The lowest BCUT2D eigenvalue weighted by atomic mass is 9.75. The van der Waals surface area contributed by atoms with Crippen molar-refractivity contribution in [2.45, 2.75) is 39.7 Å². The normalized spacial score (nSPS) is 20.1. The Bertz CT molecular complexity index is 653. The molecule has 3 rings (SSSR count). The number of methoxy groups -OCH3 is 1. The van der Waals surface area contributed by atoms with E-state index >= 15 is 0 Å². The van der Waals surface area contributed by atoms with Crippen molar-refractivity contribution in [3.63, 3.8) is 0 Å². The van der Waals surface area contributed by atoms with E-state index < -0.39 is 0 Å². The minimum absolute atomic E-state index is 0.126. The van der Waals surface area contributed by atoms with Crippen molar-refractivity contribution in [3.05, 3.63) is 47.3 Å². The molecule has 3 heteroatoms. The van der Waals surface area contributed by atoms with Crippen LogP contribution >= 0.6 is 0 Å². The van der Waals surface area contributed by atoms with E-state index in [1.54, 1.807) is 7.11 Å². The number of benzene rings is 1. The Morgan fingerprint density at radius 3 is 2.52 bits per heavy atom. The number of aliphatic hydroxyl groups excluding tert-OH is 1. The Morgan fingerprint density at radius 2 is 1.90 bits per heavy atom. The molecule has 0 spiro atoms. The maximum atomic E-state index is 10.4. The second kappa shape index (κ2) is 4.92. The molecule has 0 radical (unpaired) electrons. The van der Waals surface area contributed by atoms with E-state index in [0.29, 0.717) is 0 Å². The van der Waals surface area contributed by atoms with Gasteiger partial charge in [-0.25, -0.2) is 0 Å². The molecule has 0 saturated carbocycles. The Balaban J connectivity index is 2.11. The first-order valence-electron chi connectivity index (χ1n) is 7.45. The second-order valence-corrected chi connectivity index (χ2v) is 6.78. The van der Waals surface area contributed by atoms with Gasteiger partial charge in [0.25, 0.3) is 0 Å². The van der Waals surface area contributed by atoms with Gasteiger partial charge in [-0.15, -0.1) is 0 Å². The summed E-state index contributed by atoms with van der Waals surface area (Å²) in [6.45, 7) is 6.54. The summed E-state index contributed by atoms with van der Waals surface area (Å²) < 4.78 is 7.49. The molecule has 1 N–H and O–H groups in total. The van der Waals surface area contributed by atoms with Crippen LogP contribution in [0.1, 0.15) is 43.3 Å². The van der Waals surface area contributed by atoms with Crippen molar-refractivity contribution >= 4 is 0 Å².